The number of nitrogens with two attached hydrogens (primary N) is 1. The van der Waals surface area contributed by atoms with E-state index in [0.29, 0.717) is 6.54 Å². The minimum absolute atomic E-state index is 0.163. The number of aryl methyl sites for hydroxylation is 1. The maximum atomic E-state index is 6.29. The van der Waals surface area contributed by atoms with Crippen molar-refractivity contribution in [2.45, 2.75) is 26.4 Å². The van der Waals surface area contributed by atoms with Crippen LogP contribution in [0.2, 0.25) is 5.02 Å². The van der Waals surface area contributed by atoms with Gasteiger partial charge < -0.3 is 10.6 Å². The Morgan fingerprint density at radius 2 is 2.05 bits per heavy atom. The van der Waals surface area contributed by atoms with Gasteiger partial charge >= 0.3 is 0 Å². The van der Waals surface area contributed by atoms with Crippen molar-refractivity contribution in [3.63, 3.8) is 0 Å². The predicted molar refractivity (Wildman–Crippen MR) is 85.1 cm³/mol. The number of anilines is 1. The highest BCUT2D eigenvalue weighted by Gasteiger charge is 2.17. The summed E-state index contributed by atoms with van der Waals surface area (Å²) < 4.78 is 0. The van der Waals surface area contributed by atoms with Crippen LogP contribution in [0.15, 0.2) is 36.5 Å². The van der Waals surface area contributed by atoms with E-state index in [9.17, 15) is 0 Å². The summed E-state index contributed by atoms with van der Waals surface area (Å²) in [7, 11) is 2.06. The van der Waals surface area contributed by atoms with Crippen LogP contribution in [0.3, 0.4) is 0 Å². The van der Waals surface area contributed by atoms with Gasteiger partial charge in [-0.15, -0.1) is 0 Å². The average molecular weight is 290 g/mol. The second kappa shape index (κ2) is 6.25. The molecule has 2 rings (SSSR count). The summed E-state index contributed by atoms with van der Waals surface area (Å²) in [6.07, 6.45) is 1.85. The van der Waals surface area contributed by atoms with Crippen molar-refractivity contribution >= 4 is 17.3 Å². The lowest BCUT2D eigenvalue weighted by Gasteiger charge is -2.30. The van der Waals surface area contributed by atoms with Crippen molar-refractivity contribution in [2.24, 2.45) is 5.73 Å². The van der Waals surface area contributed by atoms with Crippen LogP contribution < -0.4 is 10.6 Å². The Morgan fingerprint density at radius 3 is 2.70 bits per heavy atom. The molecule has 0 radical (unpaired) electrons. The van der Waals surface area contributed by atoms with E-state index >= 15 is 0 Å². The Balaban J connectivity index is 2.38. The fourth-order valence-corrected chi connectivity index (χ4v) is 2.58. The minimum atomic E-state index is 0.163. The van der Waals surface area contributed by atoms with Gasteiger partial charge in [-0.05, 0) is 31.5 Å². The van der Waals surface area contributed by atoms with Crippen molar-refractivity contribution < 1.29 is 0 Å². The maximum absolute atomic E-state index is 6.29. The largest absolute Gasteiger partial charge is 0.367 e. The van der Waals surface area contributed by atoms with Crippen LogP contribution in [-0.2, 0) is 6.54 Å². The Kier molecular flexibility index (Phi) is 4.63. The van der Waals surface area contributed by atoms with E-state index in [0.717, 1.165) is 27.5 Å². The van der Waals surface area contributed by atoms with E-state index in [1.54, 1.807) is 0 Å². The number of hydrogen-bond acceptors (Lipinski definition) is 3. The van der Waals surface area contributed by atoms with E-state index in [4.69, 9.17) is 17.3 Å². The molecule has 0 aliphatic carbocycles. The number of halogens is 1. The van der Waals surface area contributed by atoms with E-state index in [2.05, 4.69) is 36.0 Å². The van der Waals surface area contributed by atoms with Crippen LogP contribution in [0.5, 0.6) is 0 Å². The molecule has 2 N–H and O–H groups in total. The first-order valence-corrected chi connectivity index (χ1v) is 7.05. The monoisotopic (exact) mass is 289 g/mol. The molecule has 0 bridgehead atoms. The summed E-state index contributed by atoms with van der Waals surface area (Å²) in [6.45, 7) is 4.59. The molecule has 0 aliphatic rings. The Hall–Kier alpha value is -1.58. The summed E-state index contributed by atoms with van der Waals surface area (Å²) in [6, 6.07) is 10.2. The second-order valence-corrected chi connectivity index (χ2v) is 5.37. The molecule has 1 aromatic heterocycles. The summed E-state index contributed by atoms with van der Waals surface area (Å²) in [5.74, 6) is 0. The van der Waals surface area contributed by atoms with Gasteiger partial charge in [0, 0.05) is 41.8 Å². The zero-order valence-corrected chi connectivity index (χ0v) is 12.9. The standard InChI is InChI=1S/C16H20ClN3/c1-11-8-16(13(9-18)10-19-11)20(3)12(2)14-6-4-5-7-15(14)17/h4-8,10,12H,9,18H2,1-3H3. The minimum Gasteiger partial charge on any atom is -0.367 e. The number of nitrogens with zero attached hydrogens (tertiary/aromatic N) is 2. The van der Waals surface area contributed by atoms with Gasteiger partial charge in [-0.1, -0.05) is 29.8 Å². The zero-order chi connectivity index (χ0) is 14.7. The molecule has 4 heteroatoms. The quantitative estimate of drug-likeness (QED) is 0.933. The van der Waals surface area contributed by atoms with E-state index in [1.165, 1.54) is 0 Å². The van der Waals surface area contributed by atoms with Gasteiger partial charge in [0.15, 0.2) is 0 Å². The lowest BCUT2D eigenvalue weighted by atomic mass is 10.1. The van der Waals surface area contributed by atoms with Crippen molar-refractivity contribution in [1.29, 1.82) is 0 Å². The molecule has 0 spiro atoms. The third kappa shape index (κ3) is 2.94. The predicted octanol–water partition coefficient (Wildman–Crippen LogP) is 3.70. The summed E-state index contributed by atoms with van der Waals surface area (Å²) in [5, 5.41) is 0.784. The second-order valence-electron chi connectivity index (χ2n) is 4.97. The molecule has 0 fully saturated rings. The normalized spacial score (nSPS) is 12.2. The average Bonchev–Trinajstić information content (AvgIpc) is 2.46. The number of rotatable bonds is 4. The van der Waals surface area contributed by atoms with E-state index in [-0.39, 0.29) is 6.04 Å². The molecule has 2 aromatic rings. The lowest BCUT2D eigenvalue weighted by Crippen LogP contribution is -2.24. The van der Waals surface area contributed by atoms with Crippen molar-refractivity contribution in [1.82, 2.24) is 4.98 Å². The molecule has 1 unspecified atom stereocenters. The Morgan fingerprint density at radius 1 is 1.35 bits per heavy atom. The molecule has 0 saturated carbocycles. The van der Waals surface area contributed by atoms with Crippen molar-refractivity contribution in [3.8, 4) is 0 Å². The summed E-state index contributed by atoms with van der Waals surface area (Å²) >= 11 is 6.29. The molecule has 1 aromatic carbocycles. The zero-order valence-electron chi connectivity index (χ0n) is 12.1. The topological polar surface area (TPSA) is 42.1 Å². The van der Waals surface area contributed by atoms with Crippen LogP contribution in [0.25, 0.3) is 0 Å². The molecular weight excluding hydrogens is 270 g/mol. The first-order valence-electron chi connectivity index (χ1n) is 6.67. The van der Waals surface area contributed by atoms with Gasteiger partial charge in [0.2, 0.25) is 0 Å². The smallest absolute Gasteiger partial charge is 0.0525 e. The van der Waals surface area contributed by atoms with Gasteiger partial charge in [-0.25, -0.2) is 0 Å². The SMILES string of the molecule is Cc1cc(N(C)C(C)c2ccccc2Cl)c(CN)cn1. The van der Waals surface area contributed by atoms with E-state index < -0.39 is 0 Å². The van der Waals surface area contributed by atoms with Gasteiger partial charge in [0.1, 0.15) is 0 Å². The summed E-state index contributed by atoms with van der Waals surface area (Å²) in [5.41, 5.74) is 10.0. The third-order valence-electron chi connectivity index (χ3n) is 3.63. The fourth-order valence-electron chi connectivity index (χ4n) is 2.29. The fraction of sp³-hybridized carbons (Fsp3) is 0.312. The highest BCUT2D eigenvalue weighted by Crippen LogP contribution is 2.31. The molecule has 1 heterocycles. The third-order valence-corrected chi connectivity index (χ3v) is 3.98. The van der Waals surface area contributed by atoms with Gasteiger partial charge in [0.05, 0.1) is 6.04 Å². The highest BCUT2D eigenvalue weighted by molar-refractivity contribution is 6.31. The molecule has 3 nitrogen and oxygen atoms in total. The van der Waals surface area contributed by atoms with Crippen molar-refractivity contribution in [3.05, 3.63) is 58.4 Å². The van der Waals surface area contributed by atoms with Gasteiger partial charge in [-0.3, -0.25) is 4.98 Å². The van der Waals surface area contributed by atoms with E-state index in [1.807, 2.05) is 31.3 Å². The van der Waals surface area contributed by atoms with Crippen molar-refractivity contribution in [2.75, 3.05) is 11.9 Å². The number of pyridine rings is 1. The van der Waals surface area contributed by atoms with Crippen LogP contribution in [0.4, 0.5) is 5.69 Å². The maximum Gasteiger partial charge on any atom is 0.0525 e. The molecule has 0 saturated heterocycles. The van der Waals surface area contributed by atoms with Gasteiger partial charge in [0.25, 0.3) is 0 Å². The molecule has 0 aliphatic heterocycles. The molecule has 1 atom stereocenters. The Bertz CT molecular complexity index is 598. The Labute approximate surface area is 125 Å². The van der Waals surface area contributed by atoms with Crippen LogP contribution in [0, 0.1) is 6.92 Å². The van der Waals surface area contributed by atoms with Crippen LogP contribution in [0.1, 0.15) is 29.8 Å². The molecule has 20 heavy (non-hydrogen) atoms. The number of hydrogen-bond donors (Lipinski definition) is 1. The number of benzene rings is 1. The van der Waals surface area contributed by atoms with Gasteiger partial charge in [-0.2, -0.15) is 0 Å². The van der Waals surface area contributed by atoms with Crippen LogP contribution >= 0.6 is 11.6 Å². The first kappa shape index (κ1) is 14.8. The summed E-state index contributed by atoms with van der Waals surface area (Å²) in [4.78, 5) is 6.50. The highest BCUT2D eigenvalue weighted by atomic mass is 35.5. The molecular formula is C16H20ClN3. The van der Waals surface area contributed by atoms with Crippen LogP contribution in [-0.4, -0.2) is 12.0 Å². The molecule has 0 amide bonds. The molecule has 106 valence electrons. The first-order chi connectivity index (χ1) is 9.54. The number of aromatic nitrogens is 1. The lowest BCUT2D eigenvalue weighted by molar-refractivity contribution is 0.733.